The zero-order valence-corrected chi connectivity index (χ0v) is 22.3. The number of carbonyl (C=O) groups excluding carboxylic acids is 1. The van der Waals surface area contributed by atoms with Gasteiger partial charge >= 0.3 is 0 Å². The van der Waals surface area contributed by atoms with Gasteiger partial charge in [-0.15, -0.1) is 0 Å². The molecule has 3 aromatic rings. The zero-order chi connectivity index (χ0) is 26.0. The molecular formula is C24H28Cl2N6O3S. The van der Waals surface area contributed by atoms with E-state index in [1.807, 2.05) is 38.1 Å². The first-order valence-electron chi connectivity index (χ1n) is 11.6. The van der Waals surface area contributed by atoms with Crippen molar-refractivity contribution >= 4 is 55.9 Å². The summed E-state index contributed by atoms with van der Waals surface area (Å²) in [6, 6.07) is 11.6. The van der Waals surface area contributed by atoms with Crippen LogP contribution in [0.4, 0.5) is 5.82 Å². The molecule has 4 rings (SSSR count). The lowest BCUT2D eigenvalue weighted by molar-refractivity contribution is -0.119. The summed E-state index contributed by atoms with van der Waals surface area (Å²) in [7, 11) is -3.77. The van der Waals surface area contributed by atoms with Gasteiger partial charge in [0.1, 0.15) is 22.6 Å². The van der Waals surface area contributed by atoms with Crippen LogP contribution in [0.5, 0.6) is 0 Å². The second kappa shape index (κ2) is 10.9. The molecular weight excluding hydrogens is 523 g/mol. The Bertz CT molecular complexity index is 1380. The van der Waals surface area contributed by atoms with Crippen LogP contribution in [0.1, 0.15) is 19.7 Å². The van der Waals surface area contributed by atoms with Gasteiger partial charge in [-0.2, -0.15) is 4.31 Å². The molecule has 1 amide bonds. The van der Waals surface area contributed by atoms with E-state index >= 15 is 0 Å². The average Bonchev–Trinajstić information content (AvgIpc) is 2.84. The largest absolute Gasteiger partial charge is 0.368 e. The molecule has 12 heteroatoms. The number of carbonyl (C=O) groups is 1. The quantitative estimate of drug-likeness (QED) is 0.440. The van der Waals surface area contributed by atoms with E-state index in [0.717, 1.165) is 10.9 Å². The number of aromatic nitrogens is 2. The van der Waals surface area contributed by atoms with Crippen molar-refractivity contribution in [2.45, 2.75) is 31.3 Å². The van der Waals surface area contributed by atoms with Gasteiger partial charge in [0.2, 0.25) is 15.9 Å². The number of rotatable bonds is 8. The molecule has 1 fully saturated rings. The van der Waals surface area contributed by atoms with Crippen LogP contribution < -0.4 is 11.1 Å². The van der Waals surface area contributed by atoms with Gasteiger partial charge in [0.05, 0.1) is 22.1 Å². The standard InChI is InChI=1S/C24H28Cl2N6O3S/c1-15(2)22(23(27)33)30-24-16-6-3-4-8-18(16)28-20(29-24)14-31-10-12-32(13-11-31)36(34,35)19-9-5-7-17(25)21(19)26/h3-9,15,22H,10-14H2,1-2H3,(H2,27,33)(H,28,29,30)/t22-/m0/s1. The van der Waals surface area contributed by atoms with Crippen molar-refractivity contribution in [3.05, 3.63) is 58.3 Å². The summed E-state index contributed by atoms with van der Waals surface area (Å²) in [5, 5.41) is 4.22. The van der Waals surface area contributed by atoms with E-state index in [-0.39, 0.29) is 20.9 Å². The molecule has 1 aliphatic heterocycles. The summed E-state index contributed by atoms with van der Waals surface area (Å²) in [5.74, 6) is 0.636. The van der Waals surface area contributed by atoms with Crippen LogP contribution in [0.2, 0.25) is 10.0 Å². The molecule has 0 bridgehead atoms. The number of hydrogen-bond donors (Lipinski definition) is 2. The molecule has 2 aromatic carbocycles. The van der Waals surface area contributed by atoms with Gasteiger partial charge < -0.3 is 11.1 Å². The average molecular weight is 552 g/mol. The third-order valence-electron chi connectivity index (χ3n) is 6.15. The van der Waals surface area contributed by atoms with Crippen LogP contribution in [-0.2, 0) is 21.4 Å². The number of piperazine rings is 1. The maximum absolute atomic E-state index is 13.1. The van der Waals surface area contributed by atoms with E-state index in [9.17, 15) is 13.2 Å². The lowest BCUT2D eigenvalue weighted by atomic mass is 10.0. The van der Waals surface area contributed by atoms with Gasteiger partial charge in [-0.1, -0.05) is 55.2 Å². The third kappa shape index (κ3) is 5.57. The smallest absolute Gasteiger partial charge is 0.244 e. The number of amides is 1. The Morgan fingerprint density at radius 1 is 1.06 bits per heavy atom. The number of fused-ring (bicyclic) bond motifs is 1. The highest BCUT2D eigenvalue weighted by Gasteiger charge is 2.31. The fourth-order valence-corrected chi connectivity index (χ4v) is 6.33. The van der Waals surface area contributed by atoms with Crippen LogP contribution >= 0.6 is 23.2 Å². The lowest BCUT2D eigenvalue weighted by Crippen LogP contribution is -2.48. The highest BCUT2D eigenvalue weighted by atomic mass is 35.5. The number of sulfonamides is 1. The molecule has 1 aliphatic rings. The molecule has 0 radical (unpaired) electrons. The summed E-state index contributed by atoms with van der Waals surface area (Å²) in [4.78, 5) is 23.5. The number of hydrogen-bond acceptors (Lipinski definition) is 7. The Morgan fingerprint density at radius 2 is 1.75 bits per heavy atom. The summed E-state index contributed by atoms with van der Waals surface area (Å²) in [5.41, 5.74) is 6.35. The predicted molar refractivity (Wildman–Crippen MR) is 141 cm³/mol. The normalized spacial score (nSPS) is 16.4. The second-order valence-corrected chi connectivity index (χ2v) is 11.7. The molecule has 3 N–H and O–H groups in total. The van der Waals surface area contributed by atoms with Crippen molar-refractivity contribution in [3.63, 3.8) is 0 Å². The molecule has 2 heterocycles. The molecule has 36 heavy (non-hydrogen) atoms. The minimum Gasteiger partial charge on any atom is -0.368 e. The molecule has 0 unspecified atom stereocenters. The number of nitrogens with zero attached hydrogens (tertiary/aromatic N) is 4. The fourth-order valence-electron chi connectivity index (χ4n) is 4.17. The SMILES string of the molecule is CC(C)[C@H](Nc1nc(CN2CCN(S(=O)(=O)c3cccc(Cl)c3Cl)CC2)nc2ccccc12)C(N)=O. The monoisotopic (exact) mass is 550 g/mol. The molecule has 0 spiro atoms. The minimum absolute atomic E-state index is 0.00727. The van der Waals surface area contributed by atoms with Gasteiger partial charge in [-0.25, -0.2) is 18.4 Å². The lowest BCUT2D eigenvalue weighted by Gasteiger charge is -2.33. The van der Waals surface area contributed by atoms with Crippen molar-refractivity contribution in [1.29, 1.82) is 0 Å². The van der Waals surface area contributed by atoms with Crippen molar-refractivity contribution in [2.75, 3.05) is 31.5 Å². The van der Waals surface area contributed by atoms with E-state index in [1.54, 1.807) is 12.1 Å². The number of nitrogens with one attached hydrogen (secondary N) is 1. The first-order valence-corrected chi connectivity index (χ1v) is 13.8. The minimum atomic E-state index is -3.77. The number of primary amides is 1. The zero-order valence-electron chi connectivity index (χ0n) is 20.0. The van der Waals surface area contributed by atoms with Crippen molar-refractivity contribution < 1.29 is 13.2 Å². The predicted octanol–water partition coefficient (Wildman–Crippen LogP) is 3.36. The number of nitrogens with two attached hydrogens (primary N) is 1. The van der Waals surface area contributed by atoms with Crippen LogP contribution in [0.15, 0.2) is 47.4 Å². The Kier molecular flexibility index (Phi) is 8.01. The Morgan fingerprint density at radius 3 is 2.42 bits per heavy atom. The van der Waals surface area contributed by atoms with Crippen LogP contribution in [0.3, 0.4) is 0 Å². The first kappa shape index (κ1) is 26.6. The summed E-state index contributed by atoms with van der Waals surface area (Å²) in [6.07, 6.45) is 0. The Balaban J connectivity index is 1.51. The van der Waals surface area contributed by atoms with Crippen molar-refractivity contribution in [1.82, 2.24) is 19.2 Å². The fraction of sp³-hybridized carbons (Fsp3) is 0.375. The van der Waals surface area contributed by atoms with E-state index < -0.39 is 22.0 Å². The highest BCUT2D eigenvalue weighted by molar-refractivity contribution is 7.89. The van der Waals surface area contributed by atoms with Gasteiger partial charge in [-0.3, -0.25) is 9.69 Å². The van der Waals surface area contributed by atoms with E-state index in [4.69, 9.17) is 38.9 Å². The Hall–Kier alpha value is -2.50. The van der Waals surface area contributed by atoms with E-state index in [0.29, 0.717) is 44.4 Å². The second-order valence-electron chi connectivity index (χ2n) is 9.01. The van der Waals surface area contributed by atoms with Gasteiger partial charge in [0.25, 0.3) is 0 Å². The van der Waals surface area contributed by atoms with Crippen LogP contribution in [0.25, 0.3) is 10.9 Å². The molecule has 1 aromatic heterocycles. The number of halogens is 2. The maximum Gasteiger partial charge on any atom is 0.244 e. The topological polar surface area (TPSA) is 122 Å². The van der Waals surface area contributed by atoms with Gasteiger partial charge in [-0.05, 0) is 30.2 Å². The molecule has 0 saturated carbocycles. The Labute approximate surface area is 220 Å². The van der Waals surface area contributed by atoms with Crippen molar-refractivity contribution in [2.24, 2.45) is 11.7 Å². The number of benzene rings is 2. The molecule has 1 atom stereocenters. The summed E-state index contributed by atoms with van der Waals surface area (Å²) < 4.78 is 27.7. The molecule has 9 nitrogen and oxygen atoms in total. The van der Waals surface area contributed by atoms with Crippen molar-refractivity contribution in [3.8, 4) is 0 Å². The first-order chi connectivity index (χ1) is 17.1. The van der Waals surface area contributed by atoms with E-state index in [2.05, 4.69) is 10.2 Å². The summed E-state index contributed by atoms with van der Waals surface area (Å²) >= 11 is 12.2. The molecule has 1 saturated heterocycles. The summed E-state index contributed by atoms with van der Waals surface area (Å²) in [6.45, 7) is 5.82. The van der Waals surface area contributed by atoms with E-state index in [1.165, 1.54) is 10.4 Å². The third-order valence-corrected chi connectivity index (χ3v) is 9.02. The highest BCUT2D eigenvalue weighted by Crippen LogP contribution is 2.31. The molecule has 0 aliphatic carbocycles. The number of anilines is 1. The van der Waals surface area contributed by atoms with Gasteiger partial charge in [0, 0.05) is 31.6 Å². The van der Waals surface area contributed by atoms with Crippen LogP contribution in [0, 0.1) is 5.92 Å². The van der Waals surface area contributed by atoms with Gasteiger partial charge in [0.15, 0.2) is 0 Å². The maximum atomic E-state index is 13.1. The number of para-hydroxylation sites is 1. The van der Waals surface area contributed by atoms with Crippen LogP contribution in [-0.4, -0.2) is 65.7 Å². The molecule has 192 valence electrons.